The topological polar surface area (TPSA) is 69.4 Å². The maximum Gasteiger partial charge on any atom is 0.273 e. The smallest absolute Gasteiger partial charge is 0.273 e. The summed E-state index contributed by atoms with van der Waals surface area (Å²) in [5, 5.41) is 11.0. The molecule has 0 bridgehead atoms. The fraction of sp³-hybridized carbons (Fsp3) is 0.462. The number of rotatable bonds is 5. The second kappa shape index (κ2) is 6.02. The van der Waals surface area contributed by atoms with Gasteiger partial charge in [-0.2, -0.15) is 0 Å². The molecule has 102 valence electrons. The fourth-order valence-electron chi connectivity index (χ4n) is 2.22. The molecule has 0 N–H and O–H groups in total. The Hall–Kier alpha value is -1.62. The summed E-state index contributed by atoms with van der Waals surface area (Å²) in [5.74, 6) is 0.646. The molecule has 1 aromatic carbocycles. The van der Waals surface area contributed by atoms with Crippen LogP contribution in [-0.4, -0.2) is 17.3 Å². The predicted molar refractivity (Wildman–Crippen MR) is 70.6 cm³/mol. The summed E-state index contributed by atoms with van der Waals surface area (Å²) in [6, 6.07) is 4.07. The molecular weight excluding hydrogens is 270 g/mol. The van der Waals surface area contributed by atoms with Gasteiger partial charge in [-0.1, -0.05) is 11.6 Å². The Morgan fingerprint density at radius 3 is 2.89 bits per heavy atom. The largest absolute Gasteiger partial charge is 0.492 e. The zero-order valence-corrected chi connectivity index (χ0v) is 11.1. The Kier molecular flexibility index (Phi) is 4.37. The van der Waals surface area contributed by atoms with Crippen LogP contribution in [0, 0.1) is 16.0 Å². The minimum absolute atomic E-state index is 0.0589. The van der Waals surface area contributed by atoms with Crippen molar-refractivity contribution in [2.45, 2.75) is 25.7 Å². The first-order chi connectivity index (χ1) is 9.08. The first-order valence-corrected chi connectivity index (χ1v) is 6.55. The number of ether oxygens (including phenoxy) is 1. The lowest BCUT2D eigenvalue weighted by Crippen LogP contribution is -2.11. The number of benzene rings is 1. The molecule has 1 atom stereocenters. The molecule has 1 aromatic rings. The molecule has 2 rings (SSSR count). The summed E-state index contributed by atoms with van der Waals surface area (Å²) in [6.07, 6.45) is 3.14. The number of Topliss-reactive ketones (excluding diaryl/α,β-unsaturated/α-hetero) is 1. The average Bonchev–Trinajstić information content (AvgIpc) is 2.77. The molecule has 1 fully saturated rings. The quantitative estimate of drug-likeness (QED) is 0.613. The molecule has 0 saturated heterocycles. The van der Waals surface area contributed by atoms with Crippen LogP contribution in [0.2, 0.25) is 5.02 Å². The molecule has 1 saturated carbocycles. The van der Waals surface area contributed by atoms with Crippen molar-refractivity contribution in [3.8, 4) is 5.75 Å². The van der Waals surface area contributed by atoms with E-state index in [0.717, 1.165) is 12.8 Å². The number of carbonyl (C=O) groups is 1. The standard InChI is InChI=1S/C13H14ClNO4/c14-11-5-4-10(15(17)18)8-13(11)19-7-6-9-2-1-3-12(9)16/h4-5,8-9H,1-3,6-7H2. The molecule has 1 unspecified atom stereocenters. The Labute approximate surface area is 115 Å². The Morgan fingerprint density at radius 2 is 2.26 bits per heavy atom. The zero-order valence-electron chi connectivity index (χ0n) is 10.3. The second-order valence-electron chi connectivity index (χ2n) is 4.56. The van der Waals surface area contributed by atoms with E-state index >= 15 is 0 Å². The number of nitro benzene ring substituents is 1. The molecule has 5 nitrogen and oxygen atoms in total. The number of nitrogens with zero attached hydrogens (tertiary/aromatic N) is 1. The van der Waals surface area contributed by atoms with Gasteiger partial charge in [0.05, 0.1) is 22.6 Å². The third-order valence-electron chi connectivity index (χ3n) is 3.28. The lowest BCUT2D eigenvalue weighted by Gasteiger charge is -2.10. The van der Waals surface area contributed by atoms with Crippen molar-refractivity contribution < 1.29 is 14.5 Å². The van der Waals surface area contributed by atoms with Crippen LogP contribution in [0.3, 0.4) is 0 Å². The van der Waals surface area contributed by atoms with Gasteiger partial charge in [-0.15, -0.1) is 0 Å². The summed E-state index contributed by atoms with van der Waals surface area (Å²) in [7, 11) is 0. The number of nitro groups is 1. The summed E-state index contributed by atoms with van der Waals surface area (Å²) in [4.78, 5) is 21.6. The number of halogens is 1. The maximum absolute atomic E-state index is 11.5. The van der Waals surface area contributed by atoms with Crippen LogP contribution in [0.5, 0.6) is 5.75 Å². The van der Waals surface area contributed by atoms with Crippen molar-refractivity contribution in [3.63, 3.8) is 0 Å². The van der Waals surface area contributed by atoms with Gasteiger partial charge in [0.2, 0.25) is 0 Å². The maximum atomic E-state index is 11.5. The molecule has 0 radical (unpaired) electrons. The van der Waals surface area contributed by atoms with Gasteiger partial charge in [0.25, 0.3) is 5.69 Å². The van der Waals surface area contributed by atoms with Gasteiger partial charge in [0.15, 0.2) is 0 Å². The molecule has 6 heteroatoms. The van der Waals surface area contributed by atoms with Gasteiger partial charge in [-0.3, -0.25) is 14.9 Å². The Bertz CT molecular complexity index is 503. The van der Waals surface area contributed by atoms with Crippen molar-refractivity contribution in [2.24, 2.45) is 5.92 Å². The van der Waals surface area contributed by atoms with Crippen LogP contribution in [0.25, 0.3) is 0 Å². The minimum atomic E-state index is -0.496. The van der Waals surface area contributed by atoms with Crippen LogP contribution in [0.4, 0.5) is 5.69 Å². The van der Waals surface area contributed by atoms with E-state index in [4.69, 9.17) is 16.3 Å². The van der Waals surface area contributed by atoms with Crippen molar-refractivity contribution in [1.29, 1.82) is 0 Å². The van der Waals surface area contributed by atoms with Gasteiger partial charge in [-0.25, -0.2) is 0 Å². The summed E-state index contributed by atoms with van der Waals surface area (Å²) >= 11 is 5.91. The Balaban J connectivity index is 1.93. The highest BCUT2D eigenvalue weighted by atomic mass is 35.5. The second-order valence-corrected chi connectivity index (χ2v) is 4.97. The normalized spacial score (nSPS) is 18.6. The molecule has 1 aliphatic rings. The highest BCUT2D eigenvalue weighted by Crippen LogP contribution is 2.30. The van der Waals surface area contributed by atoms with Crippen LogP contribution < -0.4 is 4.74 Å². The number of ketones is 1. The van der Waals surface area contributed by atoms with Gasteiger partial charge < -0.3 is 4.74 Å². The first-order valence-electron chi connectivity index (χ1n) is 6.17. The third-order valence-corrected chi connectivity index (χ3v) is 3.59. The van der Waals surface area contributed by atoms with Gasteiger partial charge in [0, 0.05) is 18.4 Å². The summed E-state index contributed by atoms with van der Waals surface area (Å²) in [6.45, 7) is 0.345. The average molecular weight is 284 g/mol. The lowest BCUT2D eigenvalue weighted by molar-refractivity contribution is -0.384. The van der Waals surface area contributed by atoms with Crippen molar-refractivity contribution in [3.05, 3.63) is 33.3 Å². The molecule has 0 aliphatic heterocycles. The molecule has 0 aromatic heterocycles. The van der Waals surface area contributed by atoms with E-state index < -0.39 is 4.92 Å². The third kappa shape index (κ3) is 3.44. The van der Waals surface area contributed by atoms with Gasteiger partial charge >= 0.3 is 0 Å². The SMILES string of the molecule is O=C1CCCC1CCOc1cc([N+](=O)[O-])ccc1Cl. The number of carbonyl (C=O) groups excluding carboxylic acids is 1. The van der Waals surface area contributed by atoms with Crippen molar-refractivity contribution in [1.82, 2.24) is 0 Å². The highest BCUT2D eigenvalue weighted by Gasteiger charge is 2.24. The van der Waals surface area contributed by atoms with E-state index in [1.165, 1.54) is 18.2 Å². The highest BCUT2D eigenvalue weighted by molar-refractivity contribution is 6.32. The number of non-ortho nitro benzene ring substituents is 1. The van der Waals surface area contributed by atoms with E-state index in [-0.39, 0.29) is 17.4 Å². The van der Waals surface area contributed by atoms with Gasteiger partial charge in [0.1, 0.15) is 11.5 Å². The predicted octanol–water partition coefficient (Wildman–Crippen LogP) is 3.39. The minimum Gasteiger partial charge on any atom is -0.492 e. The van der Waals surface area contributed by atoms with Crippen LogP contribution >= 0.6 is 11.6 Å². The monoisotopic (exact) mass is 283 g/mol. The van der Waals surface area contributed by atoms with E-state index in [9.17, 15) is 14.9 Å². The summed E-state index contributed by atoms with van der Waals surface area (Å²) in [5.41, 5.74) is -0.0589. The van der Waals surface area contributed by atoms with E-state index in [0.29, 0.717) is 30.2 Å². The molecule has 1 aliphatic carbocycles. The summed E-state index contributed by atoms with van der Waals surface area (Å²) < 4.78 is 5.45. The molecule has 0 spiro atoms. The fourth-order valence-corrected chi connectivity index (χ4v) is 2.39. The van der Waals surface area contributed by atoms with Crippen LogP contribution in [-0.2, 0) is 4.79 Å². The van der Waals surface area contributed by atoms with Crippen LogP contribution in [0.15, 0.2) is 18.2 Å². The molecule has 0 heterocycles. The van der Waals surface area contributed by atoms with E-state index in [1.54, 1.807) is 0 Å². The van der Waals surface area contributed by atoms with E-state index in [1.807, 2.05) is 0 Å². The first kappa shape index (κ1) is 13.8. The zero-order chi connectivity index (χ0) is 13.8. The van der Waals surface area contributed by atoms with E-state index in [2.05, 4.69) is 0 Å². The number of hydrogen-bond acceptors (Lipinski definition) is 4. The lowest BCUT2D eigenvalue weighted by atomic mass is 10.0. The van der Waals surface area contributed by atoms with Crippen LogP contribution in [0.1, 0.15) is 25.7 Å². The molecule has 19 heavy (non-hydrogen) atoms. The number of hydrogen-bond donors (Lipinski definition) is 0. The van der Waals surface area contributed by atoms with Gasteiger partial charge in [-0.05, 0) is 25.3 Å². The molecular formula is C13H14ClNO4. The molecule has 0 amide bonds. The van der Waals surface area contributed by atoms with Crippen molar-refractivity contribution >= 4 is 23.1 Å². The Morgan fingerprint density at radius 1 is 1.47 bits per heavy atom. The van der Waals surface area contributed by atoms with Crippen molar-refractivity contribution in [2.75, 3.05) is 6.61 Å².